The number of esters is 1. The quantitative estimate of drug-likeness (QED) is 0.0241. The van der Waals surface area contributed by atoms with Gasteiger partial charge in [-0.2, -0.15) is 0 Å². The molecule has 320 valence electrons. The molecule has 10 heteroatoms. The summed E-state index contributed by atoms with van der Waals surface area (Å²) in [6, 6.07) is 0. The number of carbonyl (C=O) groups is 2. The van der Waals surface area contributed by atoms with Crippen molar-refractivity contribution in [2.45, 2.75) is 200 Å². The number of hydrogen-bond acceptors (Lipinski definition) is 7. The van der Waals surface area contributed by atoms with Crippen LogP contribution in [0.1, 0.15) is 194 Å². The maximum Gasteiger partial charge on any atom is 0.472 e. The second kappa shape index (κ2) is 41.6. The third-order valence-corrected chi connectivity index (χ3v) is 10.2. The predicted molar refractivity (Wildman–Crippen MR) is 229 cm³/mol. The Labute approximate surface area is 336 Å². The van der Waals surface area contributed by atoms with Crippen LogP contribution in [0, 0.1) is 0 Å². The topological polar surface area (TPSA) is 131 Å². The van der Waals surface area contributed by atoms with E-state index in [9.17, 15) is 24.2 Å². The van der Waals surface area contributed by atoms with Crippen molar-refractivity contribution in [2.24, 2.45) is 0 Å². The molecule has 0 aromatic carbocycles. The number of amides is 1. The first-order valence-electron chi connectivity index (χ1n) is 22.1. The molecule has 3 N–H and O–H groups in total. The largest absolute Gasteiger partial charge is 0.472 e. The summed E-state index contributed by atoms with van der Waals surface area (Å²) in [5.41, 5.74) is 0. The van der Waals surface area contributed by atoms with E-state index < -0.39 is 26.5 Å². The number of ether oxygens (including phenoxy) is 1. The van der Waals surface area contributed by atoms with Crippen molar-refractivity contribution in [1.82, 2.24) is 5.32 Å². The van der Waals surface area contributed by atoms with Gasteiger partial charge in [-0.3, -0.25) is 18.6 Å². The number of rotatable bonds is 41. The van der Waals surface area contributed by atoms with E-state index >= 15 is 0 Å². The van der Waals surface area contributed by atoms with Crippen LogP contribution in [0.25, 0.3) is 0 Å². The Kier molecular flexibility index (Phi) is 40.1. The second-order valence-electron chi connectivity index (χ2n) is 14.7. The Balaban J connectivity index is 3.62. The number of phosphoric ester groups is 1. The van der Waals surface area contributed by atoms with E-state index in [2.05, 4.69) is 67.8 Å². The minimum absolute atomic E-state index is 0.0811. The van der Waals surface area contributed by atoms with Crippen LogP contribution in [0.2, 0.25) is 0 Å². The molecule has 55 heavy (non-hydrogen) atoms. The first-order chi connectivity index (χ1) is 26.8. The lowest BCUT2D eigenvalue weighted by Crippen LogP contribution is -2.27. The lowest BCUT2D eigenvalue weighted by molar-refractivity contribution is -0.147. The van der Waals surface area contributed by atoms with E-state index in [-0.39, 0.29) is 32.1 Å². The number of unbranched alkanes of at least 4 members (excludes halogenated alkanes) is 20. The van der Waals surface area contributed by atoms with Crippen molar-refractivity contribution < 1.29 is 37.9 Å². The molecule has 0 saturated heterocycles. The van der Waals surface area contributed by atoms with Gasteiger partial charge >= 0.3 is 13.8 Å². The minimum atomic E-state index is -4.42. The lowest BCUT2D eigenvalue weighted by atomic mass is 10.1. The summed E-state index contributed by atoms with van der Waals surface area (Å²) in [7, 11) is -4.42. The SMILES string of the molecule is CCCCC/C=C\C/C=C\C/C=C\C/C=C\CCCCCCCCCC(=O)OCC(O)COP(=O)(O)OCCNC(=O)CCCCCCCCCCCCC. The predicted octanol–water partition coefficient (Wildman–Crippen LogP) is 12.3. The molecule has 2 atom stereocenters. The fourth-order valence-electron chi connectivity index (χ4n) is 5.89. The third kappa shape index (κ3) is 42.9. The monoisotopic (exact) mass is 796 g/mol. The fraction of sp³-hybridized carbons (Fsp3) is 0.778. The smallest absolute Gasteiger partial charge is 0.463 e. The Morgan fingerprint density at radius 3 is 1.51 bits per heavy atom. The highest BCUT2D eigenvalue weighted by molar-refractivity contribution is 7.47. The van der Waals surface area contributed by atoms with E-state index in [1.807, 2.05) is 0 Å². The van der Waals surface area contributed by atoms with E-state index in [0.717, 1.165) is 70.6 Å². The summed E-state index contributed by atoms with van der Waals surface area (Å²) >= 11 is 0. The van der Waals surface area contributed by atoms with Gasteiger partial charge in [-0.1, -0.05) is 172 Å². The van der Waals surface area contributed by atoms with Gasteiger partial charge in [0.2, 0.25) is 5.91 Å². The van der Waals surface area contributed by atoms with Gasteiger partial charge in [0.05, 0.1) is 13.2 Å². The van der Waals surface area contributed by atoms with Gasteiger partial charge in [0.1, 0.15) is 12.7 Å². The van der Waals surface area contributed by atoms with Crippen LogP contribution in [0.5, 0.6) is 0 Å². The van der Waals surface area contributed by atoms with Gasteiger partial charge in [0.25, 0.3) is 0 Å². The van der Waals surface area contributed by atoms with Crippen molar-refractivity contribution in [2.75, 3.05) is 26.4 Å². The Morgan fingerprint density at radius 2 is 0.982 bits per heavy atom. The van der Waals surface area contributed by atoms with Crippen LogP contribution >= 0.6 is 7.82 Å². The van der Waals surface area contributed by atoms with Crippen molar-refractivity contribution in [3.8, 4) is 0 Å². The average molecular weight is 796 g/mol. The molecule has 0 aliphatic rings. The number of phosphoric acid groups is 1. The number of carbonyl (C=O) groups excluding carboxylic acids is 2. The van der Waals surface area contributed by atoms with E-state index in [0.29, 0.717) is 6.42 Å². The molecule has 0 fully saturated rings. The molecule has 0 aromatic heterocycles. The number of hydrogen-bond donors (Lipinski definition) is 3. The zero-order valence-corrected chi connectivity index (χ0v) is 36.0. The molecular formula is C45H82NO8P. The number of aliphatic hydroxyl groups excluding tert-OH is 1. The van der Waals surface area contributed by atoms with Crippen LogP contribution in [0.4, 0.5) is 0 Å². The van der Waals surface area contributed by atoms with Gasteiger partial charge in [-0.15, -0.1) is 0 Å². The normalized spacial score (nSPS) is 13.7. The molecule has 0 rings (SSSR count). The van der Waals surface area contributed by atoms with Gasteiger partial charge in [-0.05, 0) is 57.8 Å². The second-order valence-corrected chi connectivity index (χ2v) is 16.1. The Hall–Kier alpha value is -2.03. The molecule has 0 heterocycles. The van der Waals surface area contributed by atoms with Crippen molar-refractivity contribution in [3.63, 3.8) is 0 Å². The first-order valence-corrected chi connectivity index (χ1v) is 23.6. The third-order valence-electron chi connectivity index (χ3n) is 9.26. The van der Waals surface area contributed by atoms with Crippen LogP contribution < -0.4 is 5.32 Å². The number of nitrogens with one attached hydrogen (secondary N) is 1. The summed E-state index contributed by atoms with van der Waals surface area (Å²) in [6.07, 6.45) is 47.5. The summed E-state index contributed by atoms with van der Waals surface area (Å²) in [5, 5.41) is 12.7. The van der Waals surface area contributed by atoms with Crippen LogP contribution in [-0.4, -0.2) is 54.3 Å². The maximum absolute atomic E-state index is 12.1. The van der Waals surface area contributed by atoms with Crippen LogP contribution in [-0.2, 0) is 27.9 Å². The Morgan fingerprint density at radius 1 is 0.564 bits per heavy atom. The number of aliphatic hydroxyl groups is 1. The van der Waals surface area contributed by atoms with E-state index in [4.69, 9.17) is 13.8 Å². The van der Waals surface area contributed by atoms with Crippen molar-refractivity contribution in [1.29, 1.82) is 0 Å². The van der Waals surface area contributed by atoms with E-state index in [1.165, 1.54) is 96.3 Å². The van der Waals surface area contributed by atoms with Crippen LogP contribution in [0.3, 0.4) is 0 Å². The highest BCUT2D eigenvalue weighted by Gasteiger charge is 2.23. The summed E-state index contributed by atoms with van der Waals surface area (Å²) in [4.78, 5) is 33.9. The lowest BCUT2D eigenvalue weighted by Gasteiger charge is -2.15. The summed E-state index contributed by atoms with van der Waals surface area (Å²) < 4.78 is 26.8. The van der Waals surface area contributed by atoms with Gasteiger partial charge < -0.3 is 20.1 Å². The first kappa shape index (κ1) is 53.0. The highest BCUT2D eigenvalue weighted by atomic mass is 31.2. The van der Waals surface area contributed by atoms with Gasteiger partial charge in [0, 0.05) is 19.4 Å². The molecule has 0 spiro atoms. The molecule has 9 nitrogen and oxygen atoms in total. The zero-order valence-electron chi connectivity index (χ0n) is 35.1. The highest BCUT2D eigenvalue weighted by Crippen LogP contribution is 2.42. The molecule has 0 aromatic rings. The fourth-order valence-corrected chi connectivity index (χ4v) is 6.65. The molecule has 0 aliphatic heterocycles. The number of allylic oxidation sites excluding steroid dienone is 8. The molecule has 1 amide bonds. The standard InChI is InChI=1S/C45H82NO8P/c1-3-5-7-9-11-13-15-16-17-18-19-20-21-22-23-24-25-26-28-30-32-34-36-38-45(49)52-41-43(47)42-54-55(50,51)53-40-39-46-44(48)37-35-33-31-29-27-14-12-10-8-6-4-2/h11,13,16-17,19-20,22-23,43,47H,3-10,12,14-15,18,21,24-42H2,1-2H3,(H,46,48)(H,50,51)/b13-11-,17-16-,20-19-,23-22-. The molecule has 0 radical (unpaired) electrons. The van der Waals surface area contributed by atoms with Gasteiger partial charge in [0.15, 0.2) is 0 Å². The molecule has 2 unspecified atom stereocenters. The average Bonchev–Trinajstić information content (AvgIpc) is 3.17. The minimum Gasteiger partial charge on any atom is -0.463 e. The molecular weight excluding hydrogens is 713 g/mol. The molecule has 0 bridgehead atoms. The van der Waals surface area contributed by atoms with Crippen molar-refractivity contribution >= 4 is 19.7 Å². The summed E-state index contributed by atoms with van der Waals surface area (Å²) in [6.45, 7) is 3.51. The molecule has 0 aliphatic carbocycles. The maximum atomic E-state index is 12.1. The summed E-state index contributed by atoms with van der Waals surface area (Å²) in [5.74, 6) is -0.527. The van der Waals surface area contributed by atoms with Gasteiger partial charge in [-0.25, -0.2) is 4.57 Å². The van der Waals surface area contributed by atoms with Crippen LogP contribution in [0.15, 0.2) is 48.6 Å². The van der Waals surface area contributed by atoms with E-state index in [1.54, 1.807) is 0 Å². The van der Waals surface area contributed by atoms with Crippen molar-refractivity contribution in [3.05, 3.63) is 48.6 Å². The molecule has 0 saturated carbocycles. The zero-order chi connectivity index (χ0) is 40.3. The Bertz CT molecular complexity index is 1040.